The molecular weight excluding hydrogens is 540 g/mol. The third-order valence-electron chi connectivity index (χ3n) is 7.79. The number of thioether (sulfide) groups is 1. The van der Waals surface area contributed by atoms with Gasteiger partial charge in [-0.05, 0) is 64.4 Å². The molecule has 5 atom stereocenters. The molecule has 0 saturated carbocycles. The molecule has 2 heterocycles. The summed E-state index contributed by atoms with van der Waals surface area (Å²) in [5, 5.41) is 5.68. The van der Waals surface area contributed by atoms with Gasteiger partial charge >= 0.3 is 0 Å². The molecule has 0 radical (unpaired) electrons. The molecule has 2 aliphatic heterocycles. The summed E-state index contributed by atoms with van der Waals surface area (Å²) in [6.45, 7) is 15.6. The van der Waals surface area contributed by atoms with Gasteiger partial charge in [-0.15, -0.1) is 11.8 Å². The highest BCUT2D eigenvalue weighted by Crippen LogP contribution is 2.34. The molecule has 0 bridgehead atoms. The molecule has 2 aliphatic rings. The van der Waals surface area contributed by atoms with Crippen LogP contribution in [-0.4, -0.2) is 114 Å². The maximum absolute atomic E-state index is 13.2. The van der Waals surface area contributed by atoms with E-state index in [1.165, 1.54) is 17.3 Å². The highest BCUT2D eigenvalue weighted by Gasteiger charge is 2.45. The Balaban J connectivity index is 1.43. The Morgan fingerprint density at radius 1 is 1.12 bits per heavy atom. The van der Waals surface area contributed by atoms with Crippen LogP contribution in [0.1, 0.15) is 53.0 Å². The number of benzene rings is 1. The average molecular weight is 591 g/mol. The minimum absolute atomic E-state index is 0.00829. The van der Waals surface area contributed by atoms with Crippen molar-refractivity contribution in [3.8, 4) is 0 Å². The van der Waals surface area contributed by atoms with Crippen LogP contribution >= 0.6 is 11.8 Å². The van der Waals surface area contributed by atoms with Crippen LogP contribution in [0.3, 0.4) is 0 Å². The zero-order valence-corrected chi connectivity index (χ0v) is 26.3. The van der Waals surface area contributed by atoms with Crippen LogP contribution in [0, 0.1) is 0 Å². The summed E-state index contributed by atoms with van der Waals surface area (Å²) in [5.74, 6) is -0.0184. The monoisotopic (exact) mass is 590 g/mol. The second-order valence-electron chi connectivity index (χ2n) is 11.0. The lowest BCUT2D eigenvalue weighted by Crippen LogP contribution is -2.58. The molecule has 2 saturated heterocycles. The number of nitrogens with zero attached hydrogens (tertiary/aromatic N) is 3. The van der Waals surface area contributed by atoms with Gasteiger partial charge in [0.1, 0.15) is 16.7 Å². The van der Waals surface area contributed by atoms with E-state index in [9.17, 15) is 14.4 Å². The molecule has 3 unspecified atom stereocenters. The molecule has 0 spiro atoms. The normalized spacial score (nSPS) is 23.6. The lowest BCUT2D eigenvalue weighted by Gasteiger charge is -2.38. The van der Waals surface area contributed by atoms with E-state index in [1.807, 2.05) is 32.9 Å². The number of rotatable bonds is 15. The van der Waals surface area contributed by atoms with E-state index in [-0.39, 0.29) is 35.2 Å². The molecular formula is C30H50N6O4S. The fourth-order valence-electron chi connectivity index (χ4n) is 5.49. The summed E-state index contributed by atoms with van der Waals surface area (Å²) in [7, 11) is 0. The summed E-state index contributed by atoms with van der Waals surface area (Å²) in [5.41, 5.74) is 8.57. The molecule has 3 rings (SSSR count). The minimum Gasteiger partial charge on any atom is -0.383 e. The van der Waals surface area contributed by atoms with Crippen molar-refractivity contribution in [3.05, 3.63) is 29.8 Å². The van der Waals surface area contributed by atoms with Gasteiger partial charge in [0.15, 0.2) is 0 Å². The number of carbonyl (C=O) groups excluding carboxylic acids is 3. The molecule has 230 valence electrons. The number of hydrogen-bond donors (Lipinski definition) is 3. The first-order chi connectivity index (χ1) is 19.7. The second-order valence-corrected chi connectivity index (χ2v) is 12.3. The van der Waals surface area contributed by atoms with Gasteiger partial charge in [-0.3, -0.25) is 14.4 Å². The molecule has 0 aromatic heterocycles. The maximum Gasteiger partial charge on any atom is 0.242 e. The van der Waals surface area contributed by atoms with Crippen LogP contribution in [-0.2, 0) is 25.5 Å². The molecule has 1 aromatic carbocycles. The van der Waals surface area contributed by atoms with Gasteiger partial charge in [0.05, 0.1) is 12.2 Å². The van der Waals surface area contributed by atoms with Crippen LogP contribution in [0.4, 0.5) is 5.69 Å². The standard InChI is InChI=1S/C30H50N6O4S/c1-6-34(7-2)17-16-32-26(37)11-9-10-23-12-14-24(15-13-23)33-18-25-28(38)36(8-3)30(41-25)27(31)29(39)35-19-21(4)40-22(5)20-35/h12-15,21-22,25,27,30,33H,6-11,16-20,31H2,1-5H3,(H,32,37)/t21?,22?,25-,27-,30?/m1/s1. The van der Waals surface area contributed by atoms with Crippen molar-refractivity contribution in [3.63, 3.8) is 0 Å². The van der Waals surface area contributed by atoms with E-state index >= 15 is 0 Å². The van der Waals surface area contributed by atoms with Crippen molar-refractivity contribution >= 4 is 35.2 Å². The van der Waals surface area contributed by atoms with E-state index < -0.39 is 11.4 Å². The number of nitrogens with one attached hydrogen (secondary N) is 2. The Labute approximate surface area is 250 Å². The van der Waals surface area contributed by atoms with Crippen LogP contribution in [0.15, 0.2) is 24.3 Å². The van der Waals surface area contributed by atoms with Crippen molar-refractivity contribution in [1.29, 1.82) is 0 Å². The summed E-state index contributed by atoms with van der Waals surface area (Å²) >= 11 is 1.47. The Morgan fingerprint density at radius 2 is 1.78 bits per heavy atom. The van der Waals surface area contributed by atoms with Gasteiger partial charge in [-0.2, -0.15) is 0 Å². The van der Waals surface area contributed by atoms with Gasteiger partial charge in [0, 0.05) is 51.4 Å². The number of nitrogens with two attached hydrogens (primary N) is 1. The van der Waals surface area contributed by atoms with Crippen molar-refractivity contribution < 1.29 is 19.1 Å². The SMILES string of the molecule is CCN(CC)CCNC(=O)CCCc1ccc(NC[C@H]2SC([C@H](N)C(=O)N3CC(C)OC(C)C3)N(CC)C2=O)cc1. The van der Waals surface area contributed by atoms with Crippen molar-refractivity contribution in [2.75, 3.05) is 57.7 Å². The van der Waals surface area contributed by atoms with Gasteiger partial charge in [0.2, 0.25) is 17.7 Å². The lowest BCUT2D eigenvalue weighted by atomic mass is 10.1. The number of likely N-dealkylation sites (N-methyl/N-ethyl adjacent to an activating group) is 2. The van der Waals surface area contributed by atoms with Gasteiger partial charge in [-0.1, -0.05) is 26.0 Å². The second kappa shape index (κ2) is 16.3. The van der Waals surface area contributed by atoms with E-state index in [2.05, 4.69) is 41.5 Å². The van der Waals surface area contributed by atoms with E-state index in [0.29, 0.717) is 39.1 Å². The van der Waals surface area contributed by atoms with Crippen LogP contribution in [0.2, 0.25) is 0 Å². The van der Waals surface area contributed by atoms with Crippen LogP contribution < -0.4 is 16.4 Å². The quantitative estimate of drug-likeness (QED) is 0.284. The zero-order valence-electron chi connectivity index (χ0n) is 25.4. The first-order valence-electron chi connectivity index (χ1n) is 15.1. The summed E-state index contributed by atoms with van der Waals surface area (Å²) in [6, 6.07) is 7.35. The maximum atomic E-state index is 13.2. The van der Waals surface area contributed by atoms with Gasteiger partial charge < -0.3 is 35.8 Å². The fourth-order valence-corrected chi connectivity index (χ4v) is 6.94. The topological polar surface area (TPSA) is 120 Å². The summed E-state index contributed by atoms with van der Waals surface area (Å²) < 4.78 is 5.75. The number of aryl methyl sites for hydroxylation is 1. The molecule has 11 heteroatoms. The number of anilines is 1. The highest BCUT2D eigenvalue weighted by atomic mass is 32.2. The molecule has 10 nitrogen and oxygen atoms in total. The first kappa shape index (κ1) is 33.2. The minimum atomic E-state index is -0.782. The third-order valence-corrected chi connectivity index (χ3v) is 9.32. The van der Waals surface area contributed by atoms with E-state index in [4.69, 9.17) is 10.5 Å². The van der Waals surface area contributed by atoms with Gasteiger partial charge in [0.25, 0.3) is 0 Å². The number of carbonyl (C=O) groups is 3. The smallest absolute Gasteiger partial charge is 0.242 e. The number of hydrogen-bond acceptors (Lipinski definition) is 8. The highest BCUT2D eigenvalue weighted by molar-refractivity contribution is 8.01. The van der Waals surface area contributed by atoms with Crippen molar-refractivity contribution in [2.24, 2.45) is 5.73 Å². The summed E-state index contributed by atoms with van der Waals surface area (Å²) in [4.78, 5) is 44.3. The van der Waals surface area contributed by atoms with E-state index in [0.717, 1.165) is 38.2 Å². The Kier molecular flexibility index (Phi) is 13.2. The third kappa shape index (κ3) is 9.59. The predicted octanol–water partition coefficient (Wildman–Crippen LogP) is 2.13. The zero-order chi connectivity index (χ0) is 29.9. The summed E-state index contributed by atoms with van der Waals surface area (Å²) in [6.07, 6.45) is 2.08. The van der Waals surface area contributed by atoms with Crippen molar-refractivity contribution in [1.82, 2.24) is 20.0 Å². The Morgan fingerprint density at radius 3 is 2.39 bits per heavy atom. The molecule has 1 aromatic rings. The molecule has 2 fully saturated rings. The Hall–Kier alpha value is -2.34. The molecule has 0 aliphatic carbocycles. The van der Waals surface area contributed by atoms with Crippen LogP contribution in [0.5, 0.6) is 0 Å². The van der Waals surface area contributed by atoms with Crippen LogP contribution in [0.25, 0.3) is 0 Å². The number of morpholine rings is 1. The number of amides is 3. The number of ether oxygens (including phenoxy) is 1. The largest absolute Gasteiger partial charge is 0.383 e. The first-order valence-corrected chi connectivity index (χ1v) is 16.1. The van der Waals surface area contributed by atoms with Gasteiger partial charge in [-0.25, -0.2) is 0 Å². The average Bonchev–Trinajstić information content (AvgIpc) is 3.28. The molecule has 41 heavy (non-hydrogen) atoms. The Bertz CT molecular complexity index is 982. The fraction of sp³-hybridized carbons (Fsp3) is 0.700. The molecule has 4 N–H and O–H groups in total. The lowest BCUT2D eigenvalue weighted by molar-refractivity contribution is -0.145. The van der Waals surface area contributed by atoms with Crippen molar-refractivity contribution in [2.45, 2.75) is 82.8 Å². The van der Waals surface area contributed by atoms with E-state index in [1.54, 1.807) is 9.80 Å². The predicted molar refractivity (Wildman–Crippen MR) is 166 cm³/mol. The molecule has 3 amide bonds.